The van der Waals surface area contributed by atoms with Crippen LogP contribution in [0.2, 0.25) is 0 Å². The van der Waals surface area contributed by atoms with Gasteiger partial charge in [-0.3, -0.25) is 4.90 Å². The predicted molar refractivity (Wildman–Crippen MR) is 72.8 cm³/mol. The molecule has 0 bridgehead atoms. The third-order valence-corrected chi connectivity index (χ3v) is 4.14. The number of nitrogens with zero attached hydrogens (tertiary/aromatic N) is 2. The molecule has 18 heavy (non-hydrogen) atoms. The highest BCUT2D eigenvalue weighted by Crippen LogP contribution is 2.20. The highest BCUT2D eigenvalue weighted by molar-refractivity contribution is 4.73. The first-order valence-corrected chi connectivity index (χ1v) is 7.44. The fraction of sp³-hybridized carbons (Fsp3) is 1.00. The van der Waals surface area contributed by atoms with Crippen molar-refractivity contribution in [3.63, 3.8) is 0 Å². The summed E-state index contributed by atoms with van der Waals surface area (Å²) in [4.78, 5) is 4.68. The maximum absolute atomic E-state index is 10.0. The number of aliphatic hydroxyl groups excluding tert-OH is 1. The van der Waals surface area contributed by atoms with Gasteiger partial charge < -0.3 is 14.7 Å². The highest BCUT2D eigenvalue weighted by atomic mass is 16.5. The van der Waals surface area contributed by atoms with Crippen LogP contribution in [0.5, 0.6) is 0 Å². The minimum absolute atomic E-state index is 0.324. The second-order valence-electron chi connectivity index (χ2n) is 5.85. The van der Waals surface area contributed by atoms with E-state index >= 15 is 0 Å². The first kappa shape index (κ1) is 14.3. The summed E-state index contributed by atoms with van der Waals surface area (Å²) in [5.41, 5.74) is 0. The first-order valence-electron chi connectivity index (χ1n) is 7.44. The number of rotatable bonds is 5. The van der Waals surface area contributed by atoms with Crippen molar-refractivity contribution in [2.75, 3.05) is 46.4 Å². The van der Waals surface area contributed by atoms with Gasteiger partial charge in [0.05, 0.1) is 18.8 Å². The number of piperazine rings is 1. The Balaban J connectivity index is 1.58. The van der Waals surface area contributed by atoms with Crippen molar-refractivity contribution in [2.45, 2.75) is 44.3 Å². The van der Waals surface area contributed by atoms with Gasteiger partial charge in [0.1, 0.15) is 0 Å². The van der Waals surface area contributed by atoms with Crippen LogP contribution in [0.3, 0.4) is 0 Å². The smallest absolute Gasteiger partial charge is 0.0900 e. The van der Waals surface area contributed by atoms with E-state index in [0.29, 0.717) is 12.7 Å². The number of hydrogen-bond donors (Lipinski definition) is 1. The summed E-state index contributed by atoms with van der Waals surface area (Å²) in [6, 6.07) is 0. The first-order chi connectivity index (χ1) is 8.74. The SMILES string of the molecule is CN1CCN(C[C@@H](O)COC2CCCCC2)CC1. The molecule has 4 heteroatoms. The number of likely N-dealkylation sites (N-methyl/N-ethyl adjacent to an activating group) is 1. The summed E-state index contributed by atoms with van der Waals surface area (Å²) in [6.45, 7) is 5.62. The summed E-state index contributed by atoms with van der Waals surface area (Å²) < 4.78 is 5.82. The molecule has 0 aromatic rings. The van der Waals surface area contributed by atoms with Gasteiger partial charge in [-0.25, -0.2) is 0 Å². The number of ether oxygens (including phenoxy) is 1. The summed E-state index contributed by atoms with van der Waals surface area (Å²) >= 11 is 0. The van der Waals surface area contributed by atoms with Crippen LogP contribution in [0.15, 0.2) is 0 Å². The lowest BCUT2D eigenvalue weighted by molar-refractivity contribution is -0.0363. The van der Waals surface area contributed by atoms with Gasteiger partial charge in [0.25, 0.3) is 0 Å². The van der Waals surface area contributed by atoms with Crippen LogP contribution in [0.25, 0.3) is 0 Å². The van der Waals surface area contributed by atoms with Crippen LogP contribution in [-0.4, -0.2) is 73.5 Å². The largest absolute Gasteiger partial charge is 0.389 e. The van der Waals surface area contributed by atoms with Gasteiger partial charge in [-0.15, -0.1) is 0 Å². The van der Waals surface area contributed by atoms with Gasteiger partial charge in [0, 0.05) is 32.7 Å². The molecule has 0 aromatic carbocycles. The van der Waals surface area contributed by atoms with E-state index < -0.39 is 0 Å². The average molecular weight is 256 g/mol. The highest BCUT2D eigenvalue weighted by Gasteiger charge is 2.19. The third-order valence-electron chi connectivity index (χ3n) is 4.14. The summed E-state index contributed by atoms with van der Waals surface area (Å²) in [6.07, 6.45) is 6.38. The fourth-order valence-corrected chi connectivity index (χ4v) is 2.86. The average Bonchev–Trinajstić information content (AvgIpc) is 2.40. The molecular weight excluding hydrogens is 228 g/mol. The van der Waals surface area contributed by atoms with E-state index in [1.54, 1.807) is 0 Å². The lowest BCUT2D eigenvalue weighted by Gasteiger charge is -2.33. The predicted octanol–water partition coefficient (Wildman–Crippen LogP) is 0.944. The zero-order valence-electron chi connectivity index (χ0n) is 11.7. The molecule has 0 aromatic heterocycles. The molecule has 0 spiro atoms. The molecule has 1 heterocycles. The van der Waals surface area contributed by atoms with Crippen LogP contribution in [0.1, 0.15) is 32.1 Å². The number of aliphatic hydroxyl groups is 1. The quantitative estimate of drug-likeness (QED) is 0.794. The Morgan fingerprint density at radius 1 is 1.11 bits per heavy atom. The van der Waals surface area contributed by atoms with Crippen LogP contribution in [-0.2, 0) is 4.74 Å². The Bertz CT molecular complexity index is 224. The van der Waals surface area contributed by atoms with Crippen molar-refractivity contribution >= 4 is 0 Å². The molecule has 2 fully saturated rings. The maximum Gasteiger partial charge on any atom is 0.0900 e. The molecule has 0 unspecified atom stereocenters. The van der Waals surface area contributed by atoms with Gasteiger partial charge in [0.2, 0.25) is 0 Å². The Labute approximate surface area is 111 Å². The number of β-amino-alcohol motifs (C(OH)–C–C–N with tert-alkyl or cyclic N) is 1. The van der Waals surface area contributed by atoms with E-state index in [1.165, 1.54) is 32.1 Å². The lowest BCUT2D eigenvalue weighted by Crippen LogP contribution is -2.47. The van der Waals surface area contributed by atoms with Crippen LogP contribution < -0.4 is 0 Å². The van der Waals surface area contributed by atoms with Crippen molar-refractivity contribution in [3.05, 3.63) is 0 Å². The minimum Gasteiger partial charge on any atom is -0.389 e. The van der Waals surface area contributed by atoms with Crippen molar-refractivity contribution in [1.82, 2.24) is 9.80 Å². The summed E-state index contributed by atoms with van der Waals surface area (Å²) in [5.74, 6) is 0. The Kier molecular flexibility index (Phi) is 5.89. The van der Waals surface area contributed by atoms with Crippen molar-refractivity contribution in [2.24, 2.45) is 0 Å². The molecule has 1 N–H and O–H groups in total. The molecule has 0 radical (unpaired) electrons. The Morgan fingerprint density at radius 2 is 1.78 bits per heavy atom. The Morgan fingerprint density at radius 3 is 2.44 bits per heavy atom. The Hall–Kier alpha value is -0.160. The van der Waals surface area contributed by atoms with Gasteiger partial charge in [-0.05, 0) is 19.9 Å². The van der Waals surface area contributed by atoms with Crippen LogP contribution >= 0.6 is 0 Å². The monoisotopic (exact) mass is 256 g/mol. The second-order valence-corrected chi connectivity index (χ2v) is 5.85. The molecule has 1 aliphatic carbocycles. The molecular formula is C14H28N2O2. The molecule has 1 saturated heterocycles. The molecule has 106 valence electrons. The molecule has 1 atom stereocenters. The van der Waals surface area contributed by atoms with E-state index in [1.807, 2.05) is 0 Å². The van der Waals surface area contributed by atoms with Gasteiger partial charge >= 0.3 is 0 Å². The maximum atomic E-state index is 10.0. The zero-order valence-corrected chi connectivity index (χ0v) is 11.7. The van der Waals surface area contributed by atoms with E-state index in [4.69, 9.17) is 4.74 Å². The summed E-state index contributed by atoms with van der Waals surface area (Å²) in [5, 5.41) is 10.0. The molecule has 4 nitrogen and oxygen atoms in total. The molecule has 2 rings (SSSR count). The second kappa shape index (κ2) is 7.43. The molecule has 0 amide bonds. The molecule has 2 aliphatic rings. The van der Waals surface area contributed by atoms with Crippen LogP contribution in [0, 0.1) is 0 Å². The third kappa shape index (κ3) is 4.84. The standard InChI is InChI=1S/C14H28N2O2/c1-15-7-9-16(10-8-15)11-13(17)12-18-14-5-3-2-4-6-14/h13-14,17H,2-12H2,1H3/t13-/m1/s1. The van der Waals surface area contributed by atoms with E-state index in [0.717, 1.165) is 32.7 Å². The normalized spacial score (nSPS) is 26.3. The summed E-state index contributed by atoms with van der Waals surface area (Å²) in [7, 11) is 2.15. The zero-order chi connectivity index (χ0) is 12.8. The van der Waals surface area contributed by atoms with Gasteiger partial charge in [-0.2, -0.15) is 0 Å². The van der Waals surface area contributed by atoms with Gasteiger partial charge in [-0.1, -0.05) is 19.3 Å². The van der Waals surface area contributed by atoms with E-state index in [9.17, 15) is 5.11 Å². The van der Waals surface area contributed by atoms with E-state index in [-0.39, 0.29) is 6.10 Å². The number of hydrogen-bond acceptors (Lipinski definition) is 4. The lowest BCUT2D eigenvalue weighted by atomic mass is 9.98. The molecule has 1 saturated carbocycles. The van der Waals surface area contributed by atoms with E-state index in [2.05, 4.69) is 16.8 Å². The van der Waals surface area contributed by atoms with Crippen molar-refractivity contribution < 1.29 is 9.84 Å². The topological polar surface area (TPSA) is 35.9 Å². The van der Waals surface area contributed by atoms with Gasteiger partial charge in [0.15, 0.2) is 0 Å². The van der Waals surface area contributed by atoms with Crippen LogP contribution in [0.4, 0.5) is 0 Å². The van der Waals surface area contributed by atoms with Crippen molar-refractivity contribution in [3.8, 4) is 0 Å². The molecule has 1 aliphatic heterocycles. The van der Waals surface area contributed by atoms with Crippen molar-refractivity contribution in [1.29, 1.82) is 0 Å². The minimum atomic E-state index is -0.324. The fourth-order valence-electron chi connectivity index (χ4n) is 2.86.